The van der Waals surface area contributed by atoms with E-state index in [0.29, 0.717) is 0 Å². The van der Waals surface area contributed by atoms with E-state index in [9.17, 15) is 13.7 Å². The highest BCUT2D eigenvalue weighted by atomic mass is 31.2. The number of rotatable bonds is 22. The van der Waals surface area contributed by atoms with Crippen molar-refractivity contribution in [3.63, 3.8) is 0 Å². The molecule has 0 heterocycles. The summed E-state index contributed by atoms with van der Waals surface area (Å²) in [6.45, 7) is 0.328. The van der Waals surface area contributed by atoms with Crippen molar-refractivity contribution in [3.8, 4) is 34.5 Å². The summed E-state index contributed by atoms with van der Waals surface area (Å²) in [4.78, 5) is 0. The van der Waals surface area contributed by atoms with Gasteiger partial charge in [-0.3, -0.25) is 13.6 Å². The van der Waals surface area contributed by atoms with E-state index >= 15 is 0 Å². The quantitative estimate of drug-likeness (QED) is 0.0603. The lowest BCUT2D eigenvalue weighted by Gasteiger charge is -2.34. The second kappa shape index (κ2) is 19.7. The van der Waals surface area contributed by atoms with Gasteiger partial charge in [-0.15, -0.1) is 0 Å². The van der Waals surface area contributed by atoms with Crippen LogP contribution >= 0.6 is 23.5 Å². The average molecular weight is 831 g/mol. The van der Waals surface area contributed by atoms with Crippen LogP contribution in [0, 0.1) is 5.41 Å². The van der Waals surface area contributed by atoms with E-state index in [1.54, 1.807) is 189 Å². The van der Waals surface area contributed by atoms with Crippen LogP contribution in [0.1, 0.15) is 13.3 Å². The Kier molecular flexibility index (Phi) is 14.3. The van der Waals surface area contributed by atoms with E-state index in [2.05, 4.69) is 0 Å². The van der Waals surface area contributed by atoms with Crippen LogP contribution in [0.5, 0.6) is 34.5 Å². The van der Waals surface area contributed by atoms with Crippen molar-refractivity contribution in [2.45, 2.75) is 13.3 Å². The smallest absolute Gasteiger partial charge is 0.395 e. The second-order valence-corrected chi connectivity index (χ2v) is 17.0. The van der Waals surface area contributed by atoms with Crippen LogP contribution in [0.3, 0.4) is 0 Å². The van der Waals surface area contributed by atoms with Crippen LogP contribution < -0.4 is 27.1 Å². The van der Waals surface area contributed by atoms with E-state index in [-0.39, 0.29) is 40.9 Å². The molecular weight excluding hydrogens is 789 g/mol. The lowest BCUT2D eigenvalue weighted by molar-refractivity contribution is 0.00662. The van der Waals surface area contributed by atoms with Gasteiger partial charge in [-0.2, -0.15) is 0 Å². The lowest BCUT2D eigenvalue weighted by atomic mass is 9.88. The minimum absolute atomic E-state index is 0.136. The minimum Gasteiger partial charge on any atom is -0.395 e. The first-order chi connectivity index (χ1) is 27.7. The van der Waals surface area contributed by atoms with Gasteiger partial charge in [0.2, 0.25) is 0 Å². The molecule has 0 aliphatic heterocycles. The fourth-order valence-electron chi connectivity index (χ4n) is 4.96. The molecule has 0 spiro atoms. The summed E-state index contributed by atoms with van der Waals surface area (Å²) in [6.07, 6.45) is 0.136. The maximum Gasteiger partial charge on any atom is 0.587 e. The van der Waals surface area contributed by atoms with Crippen molar-refractivity contribution < 1.29 is 54.4 Å². The number of phosphoric acid groups is 3. The number of hydrogen-bond donors (Lipinski definition) is 0. The summed E-state index contributed by atoms with van der Waals surface area (Å²) in [5.41, 5.74) is -1.43. The summed E-state index contributed by atoms with van der Waals surface area (Å²) in [6, 6.07) is 50.2. The highest BCUT2D eigenvalue weighted by Crippen LogP contribution is 2.55. The van der Waals surface area contributed by atoms with Crippen LogP contribution in [0.2, 0.25) is 0 Å². The molecule has 0 aliphatic rings. The van der Waals surface area contributed by atoms with Crippen LogP contribution in [-0.2, 0) is 27.3 Å². The molecule has 57 heavy (non-hydrogen) atoms. The maximum atomic E-state index is 14.5. The molecule has 0 aliphatic carbocycles. The van der Waals surface area contributed by atoms with E-state index in [0.717, 1.165) is 0 Å². The Bertz CT molecular complexity index is 1850. The van der Waals surface area contributed by atoms with E-state index in [4.69, 9.17) is 40.7 Å². The second-order valence-electron chi connectivity index (χ2n) is 12.4. The van der Waals surface area contributed by atoms with E-state index in [1.807, 2.05) is 0 Å². The highest BCUT2D eigenvalue weighted by molar-refractivity contribution is 7.50. The first-order valence-electron chi connectivity index (χ1n) is 17.9. The standard InChI is InChI=1S/C42H41O12P3/c1-2-42(33-46-55(43,49-36-21-9-3-10-22-36)50-37-23-11-4-12-24-37,34-47-56(44,51-38-25-13-5-14-26-38)52-39-27-15-6-16-28-39)35-48-57(45,53-40-29-17-7-18-30-40)54-41-31-19-8-20-32-41/h3-32H,2,33-35H2,1H3. The number of hydrogen-bond acceptors (Lipinski definition) is 12. The van der Waals surface area contributed by atoms with Gasteiger partial charge in [0.15, 0.2) is 0 Å². The third kappa shape index (κ3) is 12.9. The Balaban J connectivity index is 1.34. The number of para-hydroxylation sites is 6. The van der Waals surface area contributed by atoms with Gasteiger partial charge >= 0.3 is 23.5 Å². The van der Waals surface area contributed by atoms with Gasteiger partial charge in [0.05, 0.1) is 19.8 Å². The third-order valence-electron chi connectivity index (χ3n) is 8.10. The zero-order valence-corrected chi connectivity index (χ0v) is 33.6. The van der Waals surface area contributed by atoms with Crippen LogP contribution in [0.15, 0.2) is 182 Å². The molecule has 0 bridgehead atoms. The predicted molar refractivity (Wildman–Crippen MR) is 216 cm³/mol. The molecule has 0 radical (unpaired) electrons. The van der Waals surface area contributed by atoms with Crippen molar-refractivity contribution in [3.05, 3.63) is 182 Å². The van der Waals surface area contributed by atoms with Crippen LogP contribution in [0.25, 0.3) is 0 Å². The van der Waals surface area contributed by atoms with Gasteiger partial charge in [-0.05, 0) is 79.2 Å². The zero-order chi connectivity index (χ0) is 39.9. The Morgan fingerprint density at radius 2 is 0.509 bits per heavy atom. The van der Waals surface area contributed by atoms with Crippen molar-refractivity contribution >= 4 is 23.5 Å². The number of benzene rings is 6. The Hall–Kier alpha value is -5.31. The predicted octanol–water partition coefficient (Wildman–Crippen LogP) is 12.2. The normalized spacial score (nSPS) is 11.9. The number of phosphoric ester groups is 3. The minimum atomic E-state index is -4.49. The van der Waals surface area contributed by atoms with E-state index in [1.165, 1.54) is 0 Å². The molecule has 0 saturated heterocycles. The molecule has 12 nitrogen and oxygen atoms in total. The molecule has 0 aromatic heterocycles. The zero-order valence-electron chi connectivity index (χ0n) is 30.9. The first-order valence-corrected chi connectivity index (χ1v) is 22.2. The molecule has 0 amide bonds. The Morgan fingerprint density at radius 1 is 0.333 bits per heavy atom. The van der Waals surface area contributed by atoms with Crippen molar-refractivity contribution in [2.24, 2.45) is 5.41 Å². The molecule has 6 aromatic carbocycles. The molecule has 6 aromatic rings. The molecular formula is C42H41O12P3. The lowest BCUT2D eigenvalue weighted by Crippen LogP contribution is -2.37. The molecule has 6 rings (SSSR count). The molecule has 0 unspecified atom stereocenters. The highest BCUT2D eigenvalue weighted by Gasteiger charge is 2.44. The molecule has 0 N–H and O–H groups in total. The summed E-state index contributed by atoms with van der Waals surface area (Å²) >= 11 is 0. The van der Waals surface area contributed by atoms with Gasteiger partial charge in [-0.25, -0.2) is 13.7 Å². The first kappa shape index (κ1) is 41.3. The van der Waals surface area contributed by atoms with Crippen molar-refractivity contribution in [1.82, 2.24) is 0 Å². The average Bonchev–Trinajstić information content (AvgIpc) is 3.23. The van der Waals surface area contributed by atoms with Crippen LogP contribution in [0.4, 0.5) is 0 Å². The Labute approximate surface area is 332 Å². The SMILES string of the molecule is CCC(COP(=O)(Oc1ccccc1)Oc1ccccc1)(COP(=O)(Oc1ccccc1)Oc1ccccc1)COP(=O)(Oc1ccccc1)Oc1ccccc1. The summed E-state index contributed by atoms with van der Waals surface area (Å²) < 4.78 is 97.1. The monoisotopic (exact) mass is 830 g/mol. The van der Waals surface area contributed by atoms with Gasteiger partial charge in [0, 0.05) is 5.41 Å². The topological polar surface area (TPSA) is 134 Å². The maximum absolute atomic E-state index is 14.5. The summed E-state index contributed by atoms with van der Waals surface area (Å²) in [7, 11) is -13.5. The molecule has 0 atom stereocenters. The molecule has 0 saturated carbocycles. The summed E-state index contributed by atoms with van der Waals surface area (Å²) in [5, 5.41) is 0. The fraction of sp³-hybridized carbons (Fsp3) is 0.143. The van der Waals surface area contributed by atoms with Gasteiger partial charge in [-0.1, -0.05) is 116 Å². The van der Waals surface area contributed by atoms with Crippen molar-refractivity contribution in [2.75, 3.05) is 19.8 Å². The third-order valence-corrected chi connectivity index (χ3v) is 12.0. The largest absolute Gasteiger partial charge is 0.587 e. The Morgan fingerprint density at radius 3 is 0.667 bits per heavy atom. The van der Waals surface area contributed by atoms with Gasteiger partial charge in [0.1, 0.15) is 34.5 Å². The van der Waals surface area contributed by atoms with Gasteiger partial charge in [0.25, 0.3) is 0 Å². The van der Waals surface area contributed by atoms with Gasteiger partial charge < -0.3 is 27.1 Å². The van der Waals surface area contributed by atoms with Crippen LogP contribution in [-0.4, -0.2) is 19.8 Å². The van der Waals surface area contributed by atoms with E-state index < -0.39 is 48.7 Å². The summed E-state index contributed by atoms with van der Waals surface area (Å²) in [5.74, 6) is 1.25. The molecule has 0 fully saturated rings. The fourth-order valence-corrected chi connectivity index (χ4v) is 8.96. The van der Waals surface area contributed by atoms with Crippen molar-refractivity contribution in [1.29, 1.82) is 0 Å². The molecule has 15 heteroatoms. The molecule has 296 valence electrons.